The molecule has 14 heavy (non-hydrogen) atoms. The number of hydrogen-bond donors (Lipinski definition) is 0. The highest BCUT2D eigenvalue weighted by atomic mass is 19.4. The summed E-state index contributed by atoms with van der Waals surface area (Å²) in [4.78, 5) is 0. The van der Waals surface area contributed by atoms with Gasteiger partial charge in [0.05, 0.1) is 7.18 Å². The van der Waals surface area contributed by atoms with Gasteiger partial charge in [0.15, 0.2) is 0 Å². The Morgan fingerprint density at radius 2 is 0.857 bits per heavy atom. The van der Waals surface area contributed by atoms with Crippen molar-refractivity contribution in [2.45, 2.75) is 40.0 Å². The summed E-state index contributed by atoms with van der Waals surface area (Å²) in [5.74, 6) is 0. The van der Waals surface area contributed by atoms with Crippen molar-refractivity contribution in [2.24, 2.45) is 0 Å². The molecule has 0 aliphatic rings. The van der Waals surface area contributed by atoms with Crippen LogP contribution in [0.1, 0.15) is 27.7 Å². The van der Waals surface area contributed by atoms with Crippen LogP contribution < -0.4 is 0 Å². The van der Waals surface area contributed by atoms with Gasteiger partial charge in [-0.05, 0) is 0 Å². The lowest BCUT2D eigenvalue weighted by Gasteiger charge is -2.08. The van der Waals surface area contributed by atoms with Gasteiger partial charge in [-0.3, -0.25) is 4.39 Å². The smallest absolute Gasteiger partial charge is 0.255 e. The molecule has 0 atom stereocenters. The van der Waals surface area contributed by atoms with Crippen LogP contribution in [0, 0.1) is 0 Å². The predicted octanol–water partition coefficient (Wildman–Crippen LogP) is 4.75. The third kappa shape index (κ3) is 41.9. The Morgan fingerprint density at radius 1 is 0.714 bits per heavy atom. The lowest BCUT2D eigenvalue weighted by molar-refractivity contribution is -0.232. The van der Waals surface area contributed by atoms with Crippen molar-refractivity contribution in [1.82, 2.24) is 0 Å². The monoisotopic (exact) mass is 232 g/mol. The van der Waals surface area contributed by atoms with Crippen LogP contribution in [0.4, 0.5) is 30.7 Å². The minimum Gasteiger partial charge on any atom is -0.255 e. The second-order valence-corrected chi connectivity index (χ2v) is 1.41. The highest BCUT2D eigenvalue weighted by molar-refractivity contribution is 4.57. The van der Waals surface area contributed by atoms with E-state index < -0.39 is 18.8 Å². The van der Waals surface area contributed by atoms with Crippen molar-refractivity contribution in [2.75, 3.05) is 7.18 Å². The molecular weight excluding hydrogens is 217 g/mol. The number of hydrogen-bond acceptors (Lipinski definition) is 0. The van der Waals surface area contributed by atoms with E-state index in [1.54, 1.807) is 0 Å². The van der Waals surface area contributed by atoms with Crippen LogP contribution in [0.15, 0.2) is 0 Å². The Balaban J connectivity index is -0.0000000883. The molecule has 0 fully saturated rings. The average molecular weight is 232 g/mol. The van der Waals surface area contributed by atoms with Crippen LogP contribution in [0.3, 0.4) is 0 Å². The lowest BCUT2D eigenvalue weighted by atomic mass is 10.4. The normalized spacial score (nSPS) is 9.86. The van der Waals surface area contributed by atoms with Crippen LogP contribution in [0.5, 0.6) is 0 Å². The molecule has 0 aliphatic carbocycles. The van der Waals surface area contributed by atoms with E-state index in [2.05, 4.69) is 0 Å². The van der Waals surface area contributed by atoms with Gasteiger partial charge < -0.3 is 0 Å². The zero-order chi connectivity index (χ0) is 11.7. The Morgan fingerprint density at radius 3 is 0.857 bits per heavy atom. The van der Waals surface area contributed by atoms with Gasteiger partial charge in [-0.15, -0.1) is 0 Å². The van der Waals surface area contributed by atoms with Crippen molar-refractivity contribution in [1.29, 1.82) is 0 Å². The third-order valence-corrected chi connectivity index (χ3v) is 0.401. The molecule has 0 aromatic rings. The molecule has 92 valence electrons. The van der Waals surface area contributed by atoms with Crippen molar-refractivity contribution in [3.63, 3.8) is 0 Å². The standard InChI is InChI=1S/C3H2F6.C2H6.CH3F.CH4/c4-2(5,6)1-3(7,8)9;2*1-2;/h1H2;1-2H3;1H3;1H4. The van der Waals surface area contributed by atoms with Gasteiger partial charge >= 0.3 is 12.4 Å². The van der Waals surface area contributed by atoms with Gasteiger partial charge in [0.1, 0.15) is 6.42 Å². The molecule has 0 radical (unpaired) electrons. The highest BCUT2D eigenvalue weighted by Crippen LogP contribution is 2.31. The SMILES string of the molecule is C.CC.CF.FC(F)(F)CC(F)(F)F. The second kappa shape index (κ2) is 10.6. The zero-order valence-corrected chi connectivity index (χ0v) is 7.35. The first kappa shape index (κ1) is 23.4. The third-order valence-electron chi connectivity index (χ3n) is 0.401. The Bertz CT molecular complexity index is 79.2. The summed E-state index contributed by atoms with van der Waals surface area (Å²) in [7, 11) is 0.500. The summed E-state index contributed by atoms with van der Waals surface area (Å²) in [6, 6.07) is 0. The zero-order valence-electron chi connectivity index (χ0n) is 7.35. The lowest BCUT2D eigenvalue weighted by Crippen LogP contribution is -2.20. The maximum Gasteiger partial charge on any atom is 0.397 e. The summed E-state index contributed by atoms with van der Waals surface area (Å²) < 4.78 is 74.5. The molecule has 0 heterocycles. The van der Waals surface area contributed by atoms with E-state index in [-0.39, 0.29) is 7.43 Å². The van der Waals surface area contributed by atoms with E-state index in [1.165, 1.54) is 0 Å². The van der Waals surface area contributed by atoms with Gasteiger partial charge in [-0.2, -0.15) is 26.3 Å². The van der Waals surface area contributed by atoms with Gasteiger partial charge in [-0.1, -0.05) is 21.3 Å². The topological polar surface area (TPSA) is 0 Å². The predicted molar refractivity (Wildman–Crippen MR) is 41.8 cm³/mol. The molecule has 0 amide bonds. The van der Waals surface area contributed by atoms with E-state index >= 15 is 0 Å². The largest absolute Gasteiger partial charge is 0.397 e. The molecule has 0 nitrogen and oxygen atoms in total. The van der Waals surface area contributed by atoms with Gasteiger partial charge in [0.2, 0.25) is 0 Å². The maximum atomic E-state index is 10.8. The minimum atomic E-state index is -5.14. The quantitative estimate of drug-likeness (QED) is 0.529. The van der Waals surface area contributed by atoms with Gasteiger partial charge in [0, 0.05) is 0 Å². The van der Waals surface area contributed by atoms with Crippen LogP contribution >= 0.6 is 0 Å². The molecule has 0 aromatic heterocycles. The van der Waals surface area contributed by atoms with E-state index in [4.69, 9.17) is 0 Å². The summed E-state index contributed by atoms with van der Waals surface area (Å²) in [6.07, 6.45) is -13.0. The van der Waals surface area contributed by atoms with Gasteiger partial charge in [0.25, 0.3) is 0 Å². The molecular formula is C7H15F7. The average Bonchev–Trinajstić information content (AvgIpc) is 1.88. The van der Waals surface area contributed by atoms with E-state index in [9.17, 15) is 30.7 Å². The molecule has 0 rings (SSSR count). The first-order valence-electron chi connectivity index (χ1n) is 3.22. The van der Waals surface area contributed by atoms with E-state index in [0.717, 1.165) is 0 Å². The number of rotatable bonds is 0. The molecule has 0 spiro atoms. The molecule has 0 N–H and O–H groups in total. The fourth-order valence-electron chi connectivity index (χ4n) is 0.227. The first-order valence-corrected chi connectivity index (χ1v) is 3.22. The molecule has 0 aromatic carbocycles. The van der Waals surface area contributed by atoms with Crippen molar-refractivity contribution >= 4 is 0 Å². The van der Waals surface area contributed by atoms with Crippen LogP contribution in [-0.2, 0) is 0 Å². The Kier molecular flexibility index (Phi) is 17.7. The summed E-state index contributed by atoms with van der Waals surface area (Å²) in [6.45, 7) is 4.00. The number of halogens is 7. The van der Waals surface area contributed by atoms with Crippen molar-refractivity contribution in [3.05, 3.63) is 0 Å². The molecule has 0 saturated carbocycles. The first-order chi connectivity index (χ1) is 5.71. The Hall–Kier alpha value is -0.490. The fourth-order valence-corrected chi connectivity index (χ4v) is 0.227. The van der Waals surface area contributed by atoms with E-state index in [0.29, 0.717) is 7.18 Å². The molecule has 0 bridgehead atoms. The molecule has 0 aliphatic heterocycles. The van der Waals surface area contributed by atoms with Crippen LogP contribution in [0.25, 0.3) is 0 Å². The Labute approximate surface area is 79.1 Å². The molecule has 0 saturated heterocycles. The van der Waals surface area contributed by atoms with Crippen LogP contribution in [-0.4, -0.2) is 19.5 Å². The highest BCUT2D eigenvalue weighted by Gasteiger charge is 2.43. The molecule has 7 heteroatoms. The molecule has 0 unspecified atom stereocenters. The fraction of sp³-hybridized carbons (Fsp3) is 1.00. The summed E-state index contributed by atoms with van der Waals surface area (Å²) >= 11 is 0. The second-order valence-electron chi connectivity index (χ2n) is 1.41. The number of alkyl halides is 7. The minimum absolute atomic E-state index is 0. The van der Waals surface area contributed by atoms with Crippen molar-refractivity contribution < 1.29 is 30.7 Å². The maximum absolute atomic E-state index is 10.8. The van der Waals surface area contributed by atoms with Crippen LogP contribution in [0.2, 0.25) is 0 Å². The van der Waals surface area contributed by atoms with Crippen molar-refractivity contribution in [3.8, 4) is 0 Å². The van der Waals surface area contributed by atoms with E-state index in [1.807, 2.05) is 13.8 Å². The summed E-state index contributed by atoms with van der Waals surface area (Å²) in [5.41, 5.74) is 0. The van der Waals surface area contributed by atoms with Gasteiger partial charge in [-0.25, -0.2) is 0 Å². The summed E-state index contributed by atoms with van der Waals surface area (Å²) in [5, 5.41) is 0.